The van der Waals surface area contributed by atoms with E-state index in [0.29, 0.717) is 12.8 Å². The van der Waals surface area contributed by atoms with Crippen molar-refractivity contribution in [1.82, 2.24) is 10.2 Å². The standard InChI is InChI=1S/C19H25N3O5/c1-11(2)19(4,10-20)21-15(23)9-27-18(26)12(3)22-16(24)13-7-5-6-8-14(13)17(22)25/h5-6,11-14H,7-9H2,1-4H3,(H,21,23)/t12-,13-,14+,19+/m0/s1. The highest BCUT2D eigenvalue weighted by atomic mass is 16.5. The van der Waals surface area contributed by atoms with Gasteiger partial charge in [0.2, 0.25) is 11.8 Å². The summed E-state index contributed by atoms with van der Waals surface area (Å²) in [6.07, 6.45) is 4.70. The number of nitrogens with one attached hydrogen (secondary N) is 1. The van der Waals surface area contributed by atoms with Crippen molar-refractivity contribution < 1.29 is 23.9 Å². The van der Waals surface area contributed by atoms with Crippen LogP contribution in [0.15, 0.2) is 12.2 Å². The van der Waals surface area contributed by atoms with Crippen molar-refractivity contribution in [3.63, 3.8) is 0 Å². The second kappa shape index (κ2) is 7.91. The van der Waals surface area contributed by atoms with E-state index in [9.17, 15) is 24.4 Å². The lowest BCUT2D eigenvalue weighted by atomic mass is 9.85. The highest BCUT2D eigenvalue weighted by Crippen LogP contribution is 2.36. The first kappa shape index (κ1) is 20.6. The van der Waals surface area contributed by atoms with Crippen LogP contribution in [0.5, 0.6) is 0 Å². The van der Waals surface area contributed by atoms with Crippen molar-refractivity contribution in [3.05, 3.63) is 12.2 Å². The van der Waals surface area contributed by atoms with Gasteiger partial charge in [-0.2, -0.15) is 5.26 Å². The molecular formula is C19H25N3O5. The Morgan fingerprint density at radius 1 is 1.26 bits per heavy atom. The molecule has 1 fully saturated rings. The topological polar surface area (TPSA) is 117 Å². The van der Waals surface area contributed by atoms with E-state index in [0.717, 1.165) is 4.90 Å². The molecule has 0 aromatic carbocycles. The molecule has 2 rings (SSSR count). The molecule has 1 aliphatic heterocycles. The number of likely N-dealkylation sites (tertiary alicyclic amines) is 1. The number of hydrogen-bond donors (Lipinski definition) is 1. The van der Waals surface area contributed by atoms with E-state index in [1.165, 1.54) is 6.92 Å². The van der Waals surface area contributed by atoms with Gasteiger partial charge in [-0.25, -0.2) is 4.79 Å². The fraction of sp³-hybridized carbons (Fsp3) is 0.632. The average molecular weight is 375 g/mol. The molecule has 3 amide bonds. The summed E-state index contributed by atoms with van der Waals surface area (Å²) >= 11 is 0. The van der Waals surface area contributed by atoms with Crippen LogP contribution < -0.4 is 5.32 Å². The van der Waals surface area contributed by atoms with Crippen molar-refractivity contribution >= 4 is 23.7 Å². The summed E-state index contributed by atoms with van der Waals surface area (Å²) < 4.78 is 4.98. The Kier molecular flexibility index (Phi) is 6.04. The van der Waals surface area contributed by atoms with Crippen LogP contribution in [0.1, 0.15) is 40.5 Å². The Morgan fingerprint density at radius 2 is 1.78 bits per heavy atom. The van der Waals surface area contributed by atoms with E-state index in [4.69, 9.17) is 4.74 Å². The maximum absolute atomic E-state index is 12.5. The van der Waals surface area contributed by atoms with Crippen LogP contribution >= 0.6 is 0 Å². The van der Waals surface area contributed by atoms with Crippen molar-refractivity contribution in [3.8, 4) is 6.07 Å². The molecule has 0 spiro atoms. The van der Waals surface area contributed by atoms with Crippen LogP contribution in [0.2, 0.25) is 0 Å². The van der Waals surface area contributed by atoms with Gasteiger partial charge in [-0.05, 0) is 32.6 Å². The molecular weight excluding hydrogens is 350 g/mol. The summed E-state index contributed by atoms with van der Waals surface area (Å²) in [6, 6.07) is 0.927. The number of nitrogens with zero attached hydrogens (tertiary/aromatic N) is 2. The number of hydrogen-bond acceptors (Lipinski definition) is 6. The summed E-state index contributed by atoms with van der Waals surface area (Å²) in [5.41, 5.74) is -1.08. The highest BCUT2D eigenvalue weighted by molar-refractivity contribution is 6.08. The molecule has 8 nitrogen and oxygen atoms in total. The number of ether oxygens (including phenoxy) is 1. The summed E-state index contributed by atoms with van der Waals surface area (Å²) in [4.78, 5) is 50.2. The maximum Gasteiger partial charge on any atom is 0.329 e. The van der Waals surface area contributed by atoms with E-state index in [2.05, 4.69) is 5.32 Å². The lowest BCUT2D eigenvalue weighted by Gasteiger charge is -2.27. The summed E-state index contributed by atoms with van der Waals surface area (Å²) in [5, 5.41) is 11.7. The van der Waals surface area contributed by atoms with Gasteiger partial charge in [-0.3, -0.25) is 19.3 Å². The fourth-order valence-corrected chi connectivity index (χ4v) is 3.20. The molecule has 0 aromatic heterocycles. The van der Waals surface area contributed by atoms with Gasteiger partial charge < -0.3 is 10.1 Å². The van der Waals surface area contributed by atoms with Crippen LogP contribution in [0, 0.1) is 29.1 Å². The minimum Gasteiger partial charge on any atom is -0.454 e. The van der Waals surface area contributed by atoms with Crippen molar-refractivity contribution in [2.45, 2.75) is 52.1 Å². The monoisotopic (exact) mass is 375 g/mol. The number of carbonyl (C=O) groups excluding carboxylic acids is 4. The Labute approximate surface area is 158 Å². The number of amides is 3. The van der Waals surface area contributed by atoms with Gasteiger partial charge in [0.1, 0.15) is 11.6 Å². The molecule has 8 heteroatoms. The van der Waals surface area contributed by atoms with Gasteiger partial charge in [-0.15, -0.1) is 0 Å². The highest BCUT2D eigenvalue weighted by Gasteiger charge is 2.50. The van der Waals surface area contributed by atoms with Crippen LogP contribution in [-0.2, 0) is 23.9 Å². The maximum atomic E-state index is 12.5. The molecule has 4 atom stereocenters. The zero-order valence-electron chi connectivity index (χ0n) is 16.0. The zero-order chi connectivity index (χ0) is 20.4. The van der Waals surface area contributed by atoms with E-state index in [1.54, 1.807) is 20.8 Å². The molecule has 1 saturated heterocycles. The first-order valence-electron chi connectivity index (χ1n) is 9.03. The van der Waals surface area contributed by atoms with Gasteiger partial charge in [0.25, 0.3) is 5.91 Å². The molecule has 0 saturated carbocycles. The summed E-state index contributed by atoms with van der Waals surface area (Å²) in [5.74, 6) is -3.20. The SMILES string of the molecule is CC(C)[C@@](C)(C#N)NC(=O)COC(=O)[C@H](C)N1C(=O)[C@H]2CC=CC[C@H]2C1=O. The molecule has 0 unspecified atom stereocenters. The molecule has 146 valence electrons. The quantitative estimate of drug-likeness (QED) is 0.419. The van der Waals surface area contributed by atoms with Gasteiger partial charge in [0, 0.05) is 0 Å². The van der Waals surface area contributed by atoms with Crippen molar-refractivity contribution in [1.29, 1.82) is 5.26 Å². The first-order chi connectivity index (χ1) is 12.6. The van der Waals surface area contributed by atoms with Crippen LogP contribution in [0.4, 0.5) is 0 Å². The largest absolute Gasteiger partial charge is 0.454 e. The van der Waals surface area contributed by atoms with E-state index < -0.39 is 41.9 Å². The number of imide groups is 1. The van der Waals surface area contributed by atoms with E-state index >= 15 is 0 Å². The van der Waals surface area contributed by atoms with Gasteiger partial charge in [0.05, 0.1) is 17.9 Å². The van der Waals surface area contributed by atoms with Crippen molar-refractivity contribution in [2.75, 3.05) is 6.61 Å². The zero-order valence-corrected chi connectivity index (χ0v) is 16.0. The van der Waals surface area contributed by atoms with Gasteiger partial charge in [-0.1, -0.05) is 26.0 Å². The number of rotatable bonds is 6. The molecule has 27 heavy (non-hydrogen) atoms. The molecule has 0 radical (unpaired) electrons. The van der Waals surface area contributed by atoms with Crippen LogP contribution in [-0.4, -0.2) is 46.8 Å². The fourth-order valence-electron chi connectivity index (χ4n) is 3.20. The number of esters is 1. The number of allylic oxidation sites excluding steroid dienone is 2. The number of carbonyl (C=O) groups is 4. The minimum absolute atomic E-state index is 0.141. The second-order valence-electron chi connectivity index (χ2n) is 7.50. The molecule has 1 heterocycles. The average Bonchev–Trinajstić information content (AvgIpc) is 2.90. The second-order valence-corrected chi connectivity index (χ2v) is 7.50. The van der Waals surface area contributed by atoms with Crippen molar-refractivity contribution in [2.24, 2.45) is 17.8 Å². The molecule has 2 aliphatic rings. The predicted molar refractivity (Wildman–Crippen MR) is 94.6 cm³/mol. The summed E-state index contributed by atoms with van der Waals surface area (Å²) in [7, 11) is 0. The van der Waals surface area contributed by atoms with Gasteiger partial charge in [0.15, 0.2) is 6.61 Å². The Bertz CT molecular complexity index is 697. The lowest BCUT2D eigenvalue weighted by Crippen LogP contribution is -2.51. The number of fused-ring (bicyclic) bond motifs is 1. The normalized spacial score (nSPS) is 24.8. The molecule has 1 N–H and O–H groups in total. The third-order valence-electron chi connectivity index (χ3n) is 5.40. The Balaban J connectivity index is 1.94. The summed E-state index contributed by atoms with van der Waals surface area (Å²) in [6.45, 7) is 5.98. The lowest BCUT2D eigenvalue weighted by molar-refractivity contribution is -0.159. The molecule has 0 aromatic rings. The van der Waals surface area contributed by atoms with E-state index in [-0.39, 0.29) is 17.7 Å². The Morgan fingerprint density at radius 3 is 2.22 bits per heavy atom. The number of nitriles is 1. The smallest absolute Gasteiger partial charge is 0.329 e. The van der Waals surface area contributed by atoms with E-state index in [1.807, 2.05) is 18.2 Å². The molecule has 0 bridgehead atoms. The van der Waals surface area contributed by atoms with Crippen LogP contribution in [0.25, 0.3) is 0 Å². The molecule has 1 aliphatic carbocycles. The first-order valence-corrected chi connectivity index (χ1v) is 9.03. The Hall–Kier alpha value is -2.69. The third kappa shape index (κ3) is 4.02. The van der Waals surface area contributed by atoms with Gasteiger partial charge >= 0.3 is 5.97 Å². The van der Waals surface area contributed by atoms with Crippen LogP contribution in [0.3, 0.4) is 0 Å². The third-order valence-corrected chi connectivity index (χ3v) is 5.40. The predicted octanol–water partition coefficient (Wildman–Crippen LogP) is 0.924. The minimum atomic E-state index is -1.10.